The van der Waals surface area contributed by atoms with Crippen molar-refractivity contribution in [2.45, 2.75) is 39.5 Å². The van der Waals surface area contributed by atoms with Gasteiger partial charge in [0.05, 0.1) is 6.07 Å². The molecular weight excluding hydrogens is 146 g/mol. The average Bonchev–Trinajstić information content (AvgIpc) is 2.04. The van der Waals surface area contributed by atoms with Crippen LogP contribution in [0.2, 0.25) is 0 Å². The fraction of sp³-hybridized carbons (Fsp3) is 0.727. The van der Waals surface area contributed by atoms with Crippen molar-refractivity contribution in [2.75, 3.05) is 0 Å². The summed E-state index contributed by atoms with van der Waals surface area (Å²) in [5, 5.41) is 8.43. The first-order chi connectivity index (χ1) is 5.72. The number of terminal acetylenes is 1. The topological polar surface area (TPSA) is 23.8 Å². The van der Waals surface area contributed by atoms with Crippen molar-refractivity contribution in [3.05, 3.63) is 0 Å². The van der Waals surface area contributed by atoms with Gasteiger partial charge in [-0.1, -0.05) is 13.8 Å². The third-order valence-corrected chi connectivity index (χ3v) is 2.23. The summed E-state index contributed by atoms with van der Waals surface area (Å²) in [6.07, 6.45) is 8.75. The van der Waals surface area contributed by atoms with Crippen LogP contribution in [0.15, 0.2) is 0 Å². The lowest BCUT2D eigenvalue weighted by atomic mass is 9.87. The van der Waals surface area contributed by atoms with Crippen LogP contribution in [0.1, 0.15) is 39.5 Å². The monoisotopic (exact) mass is 163 g/mol. The zero-order valence-electron chi connectivity index (χ0n) is 8.01. The van der Waals surface area contributed by atoms with E-state index in [0.717, 1.165) is 19.3 Å². The Kier molecular flexibility index (Phi) is 6.21. The molecule has 0 saturated carbocycles. The third kappa shape index (κ3) is 4.80. The molecule has 0 saturated heterocycles. The highest BCUT2D eigenvalue weighted by Crippen LogP contribution is 2.21. The Bertz CT molecular complexity index is 162. The molecule has 1 atom stereocenters. The lowest BCUT2D eigenvalue weighted by Gasteiger charge is -2.17. The fourth-order valence-electron chi connectivity index (χ4n) is 1.33. The van der Waals surface area contributed by atoms with E-state index < -0.39 is 0 Å². The second-order valence-corrected chi connectivity index (χ2v) is 3.44. The van der Waals surface area contributed by atoms with Crippen LogP contribution in [0.4, 0.5) is 0 Å². The maximum atomic E-state index is 8.43. The molecule has 12 heavy (non-hydrogen) atoms. The molecule has 0 aromatic carbocycles. The van der Waals surface area contributed by atoms with Gasteiger partial charge in [-0.25, -0.2) is 0 Å². The molecule has 0 aliphatic rings. The normalized spacial score (nSPS) is 12.1. The van der Waals surface area contributed by atoms with Gasteiger partial charge in [-0.3, -0.25) is 0 Å². The number of rotatable bonds is 5. The van der Waals surface area contributed by atoms with Gasteiger partial charge in [-0.05, 0) is 24.7 Å². The molecule has 1 unspecified atom stereocenters. The lowest BCUT2D eigenvalue weighted by Crippen LogP contribution is -2.08. The van der Waals surface area contributed by atoms with Crippen LogP contribution >= 0.6 is 0 Å². The number of hydrogen-bond donors (Lipinski definition) is 0. The van der Waals surface area contributed by atoms with Gasteiger partial charge in [0.1, 0.15) is 0 Å². The summed E-state index contributed by atoms with van der Waals surface area (Å²) in [5.74, 6) is 3.92. The fourth-order valence-corrected chi connectivity index (χ4v) is 1.33. The minimum atomic E-state index is 0.626. The Morgan fingerprint density at radius 1 is 1.25 bits per heavy atom. The number of hydrogen-bond acceptors (Lipinski definition) is 1. The van der Waals surface area contributed by atoms with Crippen LogP contribution in [-0.4, -0.2) is 0 Å². The SMILES string of the molecule is C#CCCC(CCC#N)C(C)C. The van der Waals surface area contributed by atoms with Crippen LogP contribution < -0.4 is 0 Å². The molecule has 0 aromatic heterocycles. The second kappa shape index (κ2) is 6.74. The molecule has 0 aromatic rings. The zero-order chi connectivity index (χ0) is 9.40. The van der Waals surface area contributed by atoms with E-state index in [1.165, 1.54) is 0 Å². The Labute approximate surface area is 75.8 Å². The van der Waals surface area contributed by atoms with E-state index in [1.807, 2.05) is 0 Å². The summed E-state index contributed by atoms with van der Waals surface area (Å²) < 4.78 is 0. The van der Waals surface area contributed by atoms with Crippen molar-refractivity contribution in [1.29, 1.82) is 5.26 Å². The summed E-state index contributed by atoms with van der Waals surface area (Å²) in [6, 6.07) is 2.18. The summed E-state index contributed by atoms with van der Waals surface area (Å²) in [7, 11) is 0. The summed E-state index contributed by atoms with van der Waals surface area (Å²) in [5.41, 5.74) is 0. The first kappa shape index (κ1) is 11.1. The predicted octanol–water partition coefficient (Wildman–Crippen LogP) is 2.98. The van der Waals surface area contributed by atoms with E-state index in [1.54, 1.807) is 0 Å². The van der Waals surface area contributed by atoms with Gasteiger partial charge in [0.25, 0.3) is 0 Å². The number of nitriles is 1. The summed E-state index contributed by atoms with van der Waals surface area (Å²) >= 11 is 0. The molecule has 0 aliphatic carbocycles. The van der Waals surface area contributed by atoms with Gasteiger partial charge in [0.2, 0.25) is 0 Å². The highest BCUT2D eigenvalue weighted by molar-refractivity contribution is 4.85. The van der Waals surface area contributed by atoms with Gasteiger partial charge in [0.15, 0.2) is 0 Å². The Hall–Kier alpha value is -0.950. The van der Waals surface area contributed by atoms with Crippen LogP contribution in [-0.2, 0) is 0 Å². The van der Waals surface area contributed by atoms with E-state index in [2.05, 4.69) is 25.8 Å². The highest BCUT2D eigenvalue weighted by Gasteiger charge is 2.11. The van der Waals surface area contributed by atoms with Crippen LogP contribution in [0, 0.1) is 35.5 Å². The van der Waals surface area contributed by atoms with Gasteiger partial charge in [-0.2, -0.15) is 5.26 Å². The van der Waals surface area contributed by atoms with Gasteiger partial charge in [0, 0.05) is 12.8 Å². The molecule has 0 fully saturated rings. The standard InChI is InChI=1S/C11H17N/c1-4-5-7-11(10(2)3)8-6-9-12/h1,10-11H,5-8H2,2-3H3. The molecule has 66 valence electrons. The van der Waals surface area contributed by atoms with Crippen LogP contribution in [0.25, 0.3) is 0 Å². The largest absolute Gasteiger partial charge is 0.198 e. The molecule has 0 N–H and O–H groups in total. The molecule has 0 amide bonds. The molecule has 0 radical (unpaired) electrons. The molecule has 1 nitrogen and oxygen atoms in total. The minimum absolute atomic E-state index is 0.626. The Morgan fingerprint density at radius 3 is 2.25 bits per heavy atom. The molecule has 0 bridgehead atoms. The molecule has 0 rings (SSSR count). The van der Waals surface area contributed by atoms with Gasteiger partial charge >= 0.3 is 0 Å². The van der Waals surface area contributed by atoms with Crippen molar-refractivity contribution >= 4 is 0 Å². The van der Waals surface area contributed by atoms with E-state index in [0.29, 0.717) is 18.3 Å². The van der Waals surface area contributed by atoms with Crippen molar-refractivity contribution in [1.82, 2.24) is 0 Å². The highest BCUT2D eigenvalue weighted by atomic mass is 14.2. The van der Waals surface area contributed by atoms with Gasteiger partial charge < -0.3 is 0 Å². The predicted molar refractivity (Wildman–Crippen MR) is 51.2 cm³/mol. The van der Waals surface area contributed by atoms with Crippen molar-refractivity contribution < 1.29 is 0 Å². The molecular formula is C11H17N. The quantitative estimate of drug-likeness (QED) is 0.571. The minimum Gasteiger partial charge on any atom is -0.198 e. The Morgan fingerprint density at radius 2 is 1.83 bits per heavy atom. The van der Waals surface area contributed by atoms with E-state index in [9.17, 15) is 0 Å². The summed E-state index contributed by atoms with van der Waals surface area (Å²) in [4.78, 5) is 0. The van der Waals surface area contributed by atoms with Crippen molar-refractivity contribution in [3.63, 3.8) is 0 Å². The van der Waals surface area contributed by atoms with Crippen molar-refractivity contribution in [3.8, 4) is 18.4 Å². The van der Waals surface area contributed by atoms with Gasteiger partial charge in [-0.15, -0.1) is 12.3 Å². The summed E-state index contributed by atoms with van der Waals surface area (Å²) in [6.45, 7) is 4.39. The molecule has 1 heteroatoms. The van der Waals surface area contributed by atoms with Crippen LogP contribution in [0.5, 0.6) is 0 Å². The van der Waals surface area contributed by atoms with E-state index in [-0.39, 0.29) is 0 Å². The smallest absolute Gasteiger partial charge is 0.0621 e. The second-order valence-electron chi connectivity index (χ2n) is 3.44. The molecule has 0 aliphatic heterocycles. The lowest BCUT2D eigenvalue weighted by molar-refractivity contribution is 0.344. The first-order valence-electron chi connectivity index (χ1n) is 4.52. The molecule has 0 spiro atoms. The Balaban J connectivity index is 3.73. The number of nitrogens with zero attached hydrogens (tertiary/aromatic N) is 1. The van der Waals surface area contributed by atoms with Crippen LogP contribution in [0.3, 0.4) is 0 Å². The zero-order valence-corrected chi connectivity index (χ0v) is 8.01. The maximum Gasteiger partial charge on any atom is 0.0621 e. The van der Waals surface area contributed by atoms with E-state index in [4.69, 9.17) is 11.7 Å². The molecule has 0 heterocycles. The van der Waals surface area contributed by atoms with Crippen molar-refractivity contribution in [2.24, 2.45) is 11.8 Å². The first-order valence-corrected chi connectivity index (χ1v) is 4.52. The van der Waals surface area contributed by atoms with E-state index >= 15 is 0 Å². The average molecular weight is 163 g/mol. The maximum absolute atomic E-state index is 8.43. The third-order valence-electron chi connectivity index (χ3n) is 2.23.